The molecule has 1 rings (SSSR count). The maximum Gasteiger partial charge on any atom is 0.115 e. The molecule has 3 heteroatoms. The molecule has 0 radical (unpaired) electrons. The van der Waals surface area contributed by atoms with Crippen LogP contribution in [0, 0.1) is 0 Å². The van der Waals surface area contributed by atoms with Crippen LogP contribution in [-0.4, -0.2) is 35.7 Å². The van der Waals surface area contributed by atoms with Crippen molar-refractivity contribution in [3.05, 3.63) is 29.8 Å². The predicted molar refractivity (Wildman–Crippen MR) is 72.2 cm³/mol. The maximum atomic E-state index is 9.42. The number of aromatic hydroxyl groups is 1. The second kappa shape index (κ2) is 7.30. The first-order valence-corrected chi connectivity index (χ1v) is 6.35. The molecular formula is C14H24N2O. The molecule has 1 aromatic carbocycles. The summed E-state index contributed by atoms with van der Waals surface area (Å²) in [6, 6.07) is 8.02. The average molecular weight is 236 g/mol. The molecule has 0 aromatic heterocycles. The summed E-state index contributed by atoms with van der Waals surface area (Å²) in [4.78, 5) is 2.37. The van der Waals surface area contributed by atoms with Gasteiger partial charge in [0, 0.05) is 25.7 Å². The van der Waals surface area contributed by atoms with Crippen LogP contribution in [0.1, 0.15) is 26.3 Å². The van der Waals surface area contributed by atoms with Crippen LogP contribution in [0.25, 0.3) is 0 Å². The third-order valence-corrected chi connectivity index (χ3v) is 2.74. The van der Waals surface area contributed by atoms with Crippen LogP contribution in [-0.2, 0) is 6.54 Å². The fourth-order valence-electron chi connectivity index (χ4n) is 1.77. The molecule has 0 aliphatic heterocycles. The third-order valence-electron chi connectivity index (χ3n) is 2.74. The van der Waals surface area contributed by atoms with Crippen molar-refractivity contribution in [2.75, 3.05) is 19.6 Å². The topological polar surface area (TPSA) is 35.5 Å². The quantitative estimate of drug-likeness (QED) is 0.762. The molecule has 0 spiro atoms. The number of phenolic OH excluding ortho intramolecular Hbond substituents is 1. The van der Waals surface area contributed by atoms with Crippen LogP contribution in [0.3, 0.4) is 0 Å². The van der Waals surface area contributed by atoms with E-state index in [4.69, 9.17) is 0 Å². The second-order valence-corrected chi connectivity index (χ2v) is 4.65. The molecule has 3 nitrogen and oxygen atoms in total. The maximum absolute atomic E-state index is 9.42. The van der Waals surface area contributed by atoms with E-state index in [1.165, 1.54) is 0 Å². The highest BCUT2D eigenvalue weighted by Gasteiger charge is 2.04. The largest absolute Gasteiger partial charge is 0.508 e. The number of phenols is 1. The Hall–Kier alpha value is -1.06. The van der Waals surface area contributed by atoms with E-state index >= 15 is 0 Å². The van der Waals surface area contributed by atoms with Crippen molar-refractivity contribution in [3.63, 3.8) is 0 Å². The van der Waals surface area contributed by atoms with E-state index in [2.05, 4.69) is 37.1 Å². The molecular weight excluding hydrogens is 212 g/mol. The Balaban J connectivity index is 2.41. The average Bonchev–Trinajstić information content (AvgIpc) is 2.27. The van der Waals surface area contributed by atoms with Gasteiger partial charge in [0.2, 0.25) is 0 Å². The normalized spacial score (nSPS) is 11.4. The monoisotopic (exact) mass is 236 g/mol. The van der Waals surface area contributed by atoms with E-state index in [1.807, 2.05) is 12.1 Å². The van der Waals surface area contributed by atoms with Gasteiger partial charge in [0.15, 0.2) is 0 Å². The lowest BCUT2D eigenvalue weighted by molar-refractivity contribution is 0.276. The van der Waals surface area contributed by atoms with E-state index in [-0.39, 0.29) is 0 Å². The van der Waals surface area contributed by atoms with Gasteiger partial charge in [-0.25, -0.2) is 0 Å². The Morgan fingerprint density at radius 2 is 2.12 bits per heavy atom. The lowest BCUT2D eigenvalue weighted by Crippen LogP contribution is -2.34. The fourth-order valence-corrected chi connectivity index (χ4v) is 1.77. The van der Waals surface area contributed by atoms with Crippen LogP contribution >= 0.6 is 0 Å². The first-order valence-electron chi connectivity index (χ1n) is 6.35. The van der Waals surface area contributed by atoms with Gasteiger partial charge in [-0.3, -0.25) is 4.90 Å². The van der Waals surface area contributed by atoms with Crippen molar-refractivity contribution < 1.29 is 5.11 Å². The minimum Gasteiger partial charge on any atom is -0.508 e. The van der Waals surface area contributed by atoms with Crippen LogP contribution in [0.4, 0.5) is 0 Å². The summed E-state index contributed by atoms with van der Waals surface area (Å²) in [6.45, 7) is 10.4. The summed E-state index contributed by atoms with van der Waals surface area (Å²) in [6.07, 6.45) is 0. The summed E-state index contributed by atoms with van der Waals surface area (Å²) in [5, 5.41) is 12.8. The number of nitrogens with one attached hydrogen (secondary N) is 1. The Morgan fingerprint density at radius 3 is 2.71 bits per heavy atom. The Morgan fingerprint density at radius 1 is 1.35 bits per heavy atom. The summed E-state index contributed by atoms with van der Waals surface area (Å²) in [7, 11) is 0. The molecule has 96 valence electrons. The molecule has 0 saturated heterocycles. The van der Waals surface area contributed by atoms with Gasteiger partial charge in [0.05, 0.1) is 0 Å². The molecule has 2 N–H and O–H groups in total. The zero-order chi connectivity index (χ0) is 12.7. The standard InChI is InChI=1S/C14H24N2O/c1-4-16(9-8-15-12(2)3)11-13-6-5-7-14(17)10-13/h5-7,10,12,15,17H,4,8-9,11H2,1-3H3. The second-order valence-electron chi connectivity index (χ2n) is 4.65. The summed E-state index contributed by atoms with van der Waals surface area (Å²) >= 11 is 0. The van der Waals surface area contributed by atoms with E-state index in [1.54, 1.807) is 6.07 Å². The van der Waals surface area contributed by atoms with Gasteiger partial charge in [0.1, 0.15) is 5.75 Å². The smallest absolute Gasteiger partial charge is 0.115 e. The van der Waals surface area contributed by atoms with Crippen LogP contribution in [0.15, 0.2) is 24.3 Å². The van der Waals surface area contributed by atoms with Gasteiger partial charge in [-0.1, -0.05) is 32.9 Å². The van der Waals surface area contributed by atoms with Crippen LogP contribution in [0.5, 0.6) is 5.75 Å². The first-order chi connectivity index (χ1) is 8.11. The summed E-state index contributed by atoms with van der Waals surface area (Å²) in [5.74, 6) is 0.346. The molecule has 0 bridgehead atoms. The zero-order valence-corrected chi connectivity index (χ0v) is 11.1. The van der Waals surface area contributed by atoms with Crippen LogP contribution < -0.4 is 5.32 Å². The number of likely N-dealkylation sites (N-methyl/N-ethyl adjacent to an activating group) is 1. The van der Waals surface area contributed by atoms with Crippen molar-refractivity contribution in [1.29, 1.82) is 0 Å². The molecule has 0 saturated carbocycles. The van der Waals surface area contributed by atoms with Crippen molar-refractivity contribution in [3.8, 4) is 5.75 Å². The van der Waals surface area contributed by atoms with Crippen LogP contribution in [0.2, 0.25) is 0 Å². The number of hydrogen-bond donors (Lipinski definition) is 2. The van der Waals surface area contributed by atoms with Crippen molar-refractivity contribution in [1.82, 2.24) is 10.2 Å². The first kappa shape index (κ1) is 14.0. The molecule has 0 aliphatic rings. The number of nitrogens with zero attached hydrogens (tertiary/aromatic N) is 1. The lowest BCUT2D eigenvalue weighted by atomic mass is 10.2. The van der Waals surface area contributed by atoms with Crippen molar-refractivity contribution in [2.45, 2.75) is 33.4 Å². The molecule has 0 amide bonds. The SMILES string of the molecule is CCN(CCNC(C)C)Cc1cccc(O)c1. The van der Waals surface area contributed by atoms with Crippen molar-refractivity contribution in [2.24, 2.45) is 0 Å². The number of benzene rings is 1. The summed E-state index contributed by atoms with van der Waals surface area (Å²) < 4.78 is 0. The van der Waals surface area contributed by atoms with Gasteiger partial charge in [0.25, 0.3) is 0 Å². The predicted octanol–water partition coefficient (Wildman–Crippen LogP) is 2.21. The minimum absolute atomic E-state index is 0.346. The van der Waals surface area contributed by atoms with E-state index in [0.717, 1.165) is 31.7 Å². The Labute approximate surface area is 104 Å². The van der Waals surface area contributed by atoms with Crippen molar-refractivity contribution >= 4 is 0 Å². The molecule has 0 unspecified atom stereocenters. The van der Waals surface area contributed by atoms with E-state index in [9.17, 15) is 5.11 Å². The number of rotatable bonds is 7. The third kappa shape index (κ3) is 5.71. The Bertz CT molecular complexity index is 326. The molecule has 0 fully saturated rings. The van der Waals surface area contributed by atoms with Gasteiger partial charge in [-0.15, -0.1) is 0 Å². The minimum atomic E-state index is 0.346. The van der Waals surface area contributed by atoms with Gasteiger partial charge < -0.3 is 10.4 Å². The fraction of sp³-hybridized carbons (Fsp3) is 0.571. The molecule has 17 heavy (non-hydrogen) atoms. The highest BCUT2D eigenvalue weighted by Crippen LogP contribution is 2.12. The molecule has 0 heterocycles. The van der Waals surface area contributed by atoms with Gasteiger partial charge >= 0.3 is 0 Å². The zero-order valence-electron chi connectivity index (χ0n) is 11.1. The highest BCUT2D eigenvalue weighted by atomic mass is 16.3. The van der Waals surface area contributed by atoms with Gasteiger partial charge in [-0.05, 0) is 24.2 Å². The number of hydrogen-bond acceptors (Lipinski definition) is 3. The Kier molecular flexibility index (Phi) is 6.01. The summed E-state index contributed by atoms with van der Waals surface area (Å²) in [5.41, 5.74) is 1.16. The van der Waals surface area contributed by atoms with Gasteiger partial charge in [-0.2, -0.15) is 0 Å². The molecule has 0 atom stereocenters. The molecule has 1 aromatic rings. The van der Waals surface area contributed by atoms with E-state index in [0.29, 0.717) is 11.8 Å². The van der Waals surface area contributed by atoms with E-state index < -0.39 is 0 Å². The lowest BCUT2D eigenvalue weighted by Gasteiger charge is -2.21. The highest BCUT2D eigenvalue weighted by molar-refractivity contribution is 5.26. The molecule has 0 aliphatic carbocycles.